The zero-order chi connectivity index (χ0) is 44.7. The molecule has 4 nitrogen and oxygen atoms in total. The van der Waals surface area contributed by atoms with Crippen molar-refractivity contribution in [3.8, 4) is 51.0 Å². The Hall–Kier alpha value is -8.20. The first-order valence-electron chi connectivity index (χ1n) is 21.8. The number of benzene rings is 9. The summed E-state index contributed by atoms with van der Waals surface area (Å²) in [5.41, 5.74) is 5.65. The molecule has 2 aromatic heterocycles. The smallest absolute Gasteiger partial charge is 0.308 e. The summed E-state index contributed by atoms with van der Waals surface area (Å²) in [5, 5.41) is 6.19. The van der Waals surface area contributed by atoms with E-state index in [1.54, 1.807) is 6.07 Å². The highest BCUT2D eigenvalue weighted by atomic mass is 28.3. The molecule has 0 atom stereocenters. The Labute approximate surface area is 381 Å². The van der Waals surface area contributed by atoms with Crippen molar-refractivity contribution in [3.05, 3.63) is 242 Å². The predicted octanol–water partition coefficient (Wildman–Crippen LogP) is 12.0. The quantitative estimate of drug-likeness (QED) is 0.107. The van der Waals surface area contributed by atoms with E-state index >= 15 is 0 Å². The van der Waals surface area contributed by atoms with Crippen LogP contribution in [0.15, 0.2) is 237 Å². The van der Waals surface area contributed by atoms with E-state index in [1.165, 1.54) is 26.8 Å². The van der Waals surface area contributed by atoms with Crippen molar-refractivity contribution in [3.63, 3.8) is 0 Å². The minimum atomic E-state index is -4.52. The molecular weight excluding hydrogens is 838 g/mol. The van der Waals surface area contributed by atoms with Gasteiger partial charge in [-0.2, -0.15) is 13.2 Å². The topological polar surface area (TPSA) is 43.6 Å². The van der Waals surface area contributed by atoms with Gasteiger partial charge in [-0.15, -0.1) is 0 Å². The van der Waals surface area contributed by atoms with Crippen LogP contribution in [0, 0.1) is 0 Å². The van der Waals surface area contributed by atoms with E-state index in [9.17, 15) is 13.2 Å². The number of hydrogen-bond acceptors (Lipinski definition) is 3. The van der Waals surface area contributed by atoms with E-state index < -0.39 is 19.8 Å². The van der Waals surface area contributed by atoms with Gasteiger partial charge in [-0.25, -0.2) is 15.0 Å². The number of nitrogens with zero attached hydrogens (tertiary/aromatic N) is 4. The molecule has 11 aromatic rings. The van der Waals surface area contributed by atoms with Crippen LogP contribution in [-0.2, 0) is 6.18 Å². The van der Waals surface area contributed by atoms with Crippen molar-refractivity contribution in [2.24, 2.45) is 0 Å². The lowest BCUT2D eigenvalue weighted by Gasteiger charge is -2.34. The third kappa shape index (κ3) is 7.18. The molecule has 8 heteroatoms. The van der Waals surface area contributed by atoms with Gasteiger partial charge in [0.25, 0.3) is 0 Å². The van der Waals surface area contributed by atoms with E-state index in [-0.39, 0.29) is 0 Å². The van der Waals surface area contributed by atoms with Crippen LogP contribution in [0.1, 0.15) is 5.56 Å². The van der Waals surface area contributed by atoms with Gasteiger partial charge < -0.3 is 4.57 Å². The van der Waals surface area contributed by atoms with Crippen molar-refractivity contribution in [1.29, 1.82) is 0 Å². The number of hydrogen-bond donors (Lipinski definition) is 0. The Morgan fingerprint density at radius 1 is 0.348 bits per heavy atom. The Bertz CT molecular complexity index is 3350. The van der Waals surface area contributed by atoms with Crippen LogP contribution in [0.2, 0.25) is 0 Å². The van der Waals surface area contributed by atoms with Crippen LogP contribution in [0.5, 0.6) is 0 Å². The highest BCUT2D eigenvalue weighted by molar-refractivity contribution is 7.19. The van der Waals surface area contributed by atoms with Gasteiger partial charge in [0.15, 0.2) is 25.5 Å². The molecule has 66 heavy (non-hydrogen) atoms. The summed E-state index contributed by atoms with van der Waals surface area (Å²) in [6, 6.07) is 78.7. The Morgan fingerprint density at radius 2 is 0.803 bits per heavy atom. The van der Waals surface area contributed by atoms with Crippen LogP contribution in [-0.4, -0.2) is 27.6 Å². The minimum Gasteiger partial charge on any atom is -0.308 e. The number of rotatable bonds is 9. The van der Waals surface area contributed by atoms with Gasteiger partial charge >= 0.3 is 6.18 Å². The lowest BCUT2D eigenvalue weighted by atomic mass is 10.0. The second kappa shape index (κ2) is 16.7. The monoisotopic (exact) mass is 876 g/mol. The number of alkyl halides is 3. The standard InChI is InChI=1S/C58H39F3N4Si/c59-58(60,61)44-34-36-53-51(39-44)49-31-16-17-32-52(49)65(53)54-38-43(33-35-50(54)57-63-55(40-19-6-1-7-20-40)62-56(64-57)41-21-8-2-9-22-41)42-23-18-30-48(37-42)66(45-24-10-3-11-25-45,46-26-12-4-13-27-46)47-28-14-5-15-29-47/h1-39H. The molecule has 0 unspecified atom stereocenters. The molecule has 316 valence electrons. The van der Waals surface area contributed by atoms with Gasteiger partial charge in [0, 0.05) is 27.5 Å². The van der Waals surface area contributed by atoms with Crippen LogP contribution in [0.25, 0.3) is 72.8 Å². The molecule has 0 bridgehead atoms. The highest BCUT2D eigenvalue weighted by Gasteiger charge is 2.41. The molecule has 0 fully saturated rings. The summed E-state index contributed by atoms with van der Waals surface area (Å²) in [7, 11) is -2.89. The van der Waals surface area contributed by atoms with E-state index in [0.29, 0.717) is 45.0 Å². The van der Waals surface area contributed by atoms with E-state index in [0.717, 1.165) is 33.8 Å². The van der Waals surface area contributed by atoms with Gasteiger partial charge in [0.1, 0.15) is 0 Å². The summed E-state index contributed by atoms with van der Waals surface area (Å²) >= 11 is 0. The van der Waals surface area contributed by atoms with Crippen molar-refractivity contribution in [2.45, 2.75) is 6.18 Å². The highest BCUT2D eigenvalue weighted by Crippen LogP contribution is 2.40. The second-order valence-electron chi connectivity index (χ2n) is 16.3. The van der Waals surface area contributed by atoms with Crippen LogP contribution in [0.4, 0.5) is 13.2 Å². The van der Waals surface area contributed by atoms with Gasteiger partial charge in [-0.3, -0.25) is 0 Å². The third-order valence-electron chi connectivity index (χ3n) is 12.4. The molecule has 0 aliphatic rings. The maximum absolute atomic E-state index is 14.3. The first kappa shape index (κ1) is 40.6. The van der Waals surface area contributed by atoms with E-state index in [4.69, 9.17) is 15.0 Å². The number of aromatic nitrogens is 4. The van der Waals surface area contributed by atoms with Crippen molar-refractivity contribution in [1.82, 2.24) is 19.5 Å². The fraction of sp³-hybridized carbons (Fsp3) is 0.0172. The Kier molecular flexibility index (Phi) is 10.3. The maximum Gasteiger partial charge on any atom is 0.416 e. The molecule has 0 radical (unpaired) electrons. The lowest BCUT2D eigenvalue weighted by molar-refractivity contribution is -0.137. The molecule has 2 heterocycles. The van der Waals surface area contributed by atoms with Crippen molar-refractivity contribution < 1.29 is 13.2 Å². The first-order valence-corrected chi connectivity index (χ1v) is 23.8. The SMILES string of the molecule is FC(F)(F)c1ccc2c(c1)c1ccccc1n2-c1cc(-c2cccc([Si](c3ccccc3)(c3ccccc3)c3ccccc3)c2)ccc1-c1nc(-c2ccccc2)nc(-c2ccccc2)n1. The summed E-state index contributed by atoms with van der Waals surface area (Å²) in [6.45, 7) is 0. The zero-order valence-electron chi connectivity index (χ0n) is 35.4. The molecule has 0 saturated carbocycles. The van der Waals surface area contributed by atoms with E-state index in [1.807, 2.05) is 91.0 Å². The summed E-state index contributed by atoms with van der Waals surface area (Å²) in [4.78, 5) is 15.3. The number of halogens is 3. The summed E-state index contributed by atoms with van der Waals surface area (Å²) < 4.78 is 45.1. The summed E-state index contributed by atoms with van der Waals surface area (Å²) in [6.07, 6.45) is -4.52. The average molecular weight is 877 g/mol. The average Bonchev–Trinajstić information content (AvgIpc) is 3.71. The Balaban J connectivity index is 1.19. The predicted molar refractivity (Wildman–Crippen MR) is 265 cm³/mol. The van der Waals surface area contributed by atoms with Crippen LogP contribution in [0.3, 0.4) is 0 Å². The molecule has 11 rings (SSSR count). The molecule has 0 aliphatic heterocycles. The fourth-order valence-corrected chi connectivity index (χ4v) is 14.2. The lowest BCUT2D eigenvalue weighted by Crippen LogP contribution is -2.74. The number of para-hydroxylation sites is 1. The normalized spacial score (nSPS) is 11.9. The molecule has 0 N–H and O–H groups in total. The second-order valence-corrected chi connectivity index (χ2v) is 20.1. The largest absolute Gasteiger partial charge is 0.416 e. The van der Waals surface area contributed by atoms with Crippen LogP contribution < -0.4 is 20.7 Å². The molecule has 0 spiro atoms. The Morgan fingerprint density at radius 3 is 1.36 bits per heavy atom. The van der Waals surface area contributed by atoms with Gasteiger partial charge in [0.2, 0.25) is 0 Å². The zero-order valence-corrected chi connectivity index (χ0v) is 36.4. The van der Waals surface area contributed by atoms with Crippen LogP contribution >= 0.6 is 0 Å². The van der Waals surface area contributed by atoms with E-state index in [2.05, 4.69) is 132 Å². The van der Waals surface area contributed by atoms with Gasteiger partial charge in [-0.1, -0.05) is 200 Å². The van der Waals surface area contributed by atoms with Crippen molar-refractivity contribution in [2.75, 3.05) is 0 Å². The molecule has 9 aromatic carbocycles. The molecule has 0 amide bonds. The van der Waals surface area contributed by atoms with Gasteiger partial charge in [0.05, 0.1) is 22.3 Å². The third-order valence-corrected chi connectivity index (χ3v) is 17.2. The molecule has 0 aliphatic carbocycles. The summed E-state index contributed by atoms with van der Waals surface area (Å²) in [5.74, 6) is 1.44. The number of fused-ring (bicyclic) bond motifs is 3. The first-order chi connectivity index (χ1) is 32.4. The molecule has 0 saturated heterocycles. The minimum absolute atomic E-state index is 0.430. The maximum atomic E-state index is 14.3. The van der Waals surface area contributed by atoms with Crippen molar-refractivity contribution >= 4 is 50.6 Å². The molecular formula is C58H39F3N4Si. The fourth-order valence-electron chi connectivity index (χ4n) is 9.42. The van der Waals surface area contributed by atoms with Gasteiger partial charge in [-0.05, 0) is 68.3 Å².